The van der Waals surface area contributed by atoms with E-state index in [-0.39, 0.29) is 0 Å². The third-order valence-corrected chi connectivity index (χ3v) is 14.8. The Hall–Kier alpha value is -4.24. The fourth-order valence-electron chi connectivity index (χ4n) is 13.5. The Kier molecular flexibility index (Phi) is 5.05. The summed E-state index contributed by atoms with van der Waals surface area (Å²) in [6, 6.07) is 25.2. The molecule has 240 valence electrons. The summed E-state index contributed by atoms with van der Waals surface area (Å²) in [5.41, 5.74) is 15.6. The molecule has 4 saturated carbocycles. The highest BCUT2D eigenvalue weighted by Gasteiger charge is 2.46. The molecule has 8 aliphatic carbocycles. The summed E-state index contributed by atoms with van der Waals surface area (Å²) < 4.78 is 2.67. The van der Waals surface area contributed by atoms with Crippen LogP contribution >= 0.6 is 0 Å². The Labute approximate surface area is 287 Å². The van der Waals surface area contributed by atoms with Gasteiger partial charge < -0.3 is 4.40 Å². The van der Waals surface area contributed by atoms with Gasteiger partial charge in [0.05, 0.1) is 28.9 Å². The van der Waals surface area contributed by atoms with E-state index >= 15 is 0 Å². The Morgan fingerprint density at radius 3 is 1.29 bits per heavy atom. The first kappa shape index (κ1) is 26.6. The number of hydrogen-bond donors (Lipinski definition) is 0. The normalized spacial score (nSPS) is 30.9. The van der Waals surface area contributed by atoms with Gasteiger partial charge in [-0.1, -0.05) is 60.7 Å². The number of aromatic nitrogens is 3. The summed E-state index contributed by atoms with van der Waals surface area (Å²) >= 11 is 0. The molecule has 7 aromatic rings. The van der Waals surface area contributed by atoms with Gasteiger partial charge in [0.1, 0.15) is 0 Å². The molecule has 0 radical (unpaired) electrons. The van der Waals surface area contributed by atoms with E-state index in [0.29, 0.717) is 23.7 Å². The second kappa shape index (κ2) is 9.30. The quantitative estimate of drug-likeness (QED) is 0.189. The minimum Gasteiger partial charge on any atom is -0.305 e. The van der Waals surface area contributed by atoms with Crippen LogP contribution in [0.1, 0.15) is 110 Å². The average molecular weight is 636 g/mol. The molecule has 15 rings (SSSR count). The van der Waals surface area contributed by atoms with E-state index in [2.05, 4.69) is 83.5 Å². The van der Waals surface area contributed by atoms with Crippen molar-refractivity contribution in [3.63, 3.8) is 0 Å². The molecule has 3 aromatic carbocycles. The van der Waals surface area contributed by atoms with Crippen LogP contribution in [-0.2, 0) is 0 Å². The summed E-state index contributed by atoms with van der Waals surface area (Å²) in [6.07, 6.45) is 18.3. The predicted molar refractivity (Wildman–Crippen MR) is 199 cm³/mol. The maximum Gasteiger partial charge on any atom is 0.0728 e. The fourth-order valence-corrected chi connectivity index (χ4v) is 13.5. The standard InChI is InChI=1S/C46H41N3/c1-3-7-28(8-4-1)34-21-35(29-9-5-2-6-10-29)41-43-37(23-48-45-33-19-26-12-27(20-33)16-31(15-26)39(43)45)49-36-22-47-44-32-17-24-11-25(18-32)14-30(13-24)38(44)42(36)40(34)46(41)49/h1-10,21-27,30-33H,11-20H2. The molecule has 3 nitrogen and oxygen atoms in total. The van der Waals surface area contributed by atoms with Crippen molar-refractivity contribution in [3.05, 3.63) is 102 Å². The maximum atomic E-state index is 5.52. The SMILES string of the molecule is c1ccc(-c2cc(-c3ccccc3)c3c4c5c(ncc4n4c6cnc7c(c6c2c34)C2CC3CC(CC7C3)C2)C2CC3CC(C2)CC5C3)cc1. The monoisotopic (exact) mass is 635 g/mol. The van der Waals surface area contributed by atoms with E-state index in [1.54, 1.807) is 11.1 Å². The second-order valence-corrected chi connectivity index (χ2v) is 17.4. The minimum absolute atomic E-state index is 0.621. The summed E-state index contributed by atoms with van der Waals surface area (Å²) in [5, 5.41) is 5.97. The van der Waals surface area contributed by atoms with E-state index in [9.17, 15) is 0 Å². The lowest BCUT2D eigenvalue weighted by Crippen LogP contribution is -2.25. The van der Waals surface area contributed by atoms with Gasteiger partial charge >= 0.3 is 0 Å². The lowest BCUT2D eigenvalue weighted by molar-refractivity contribution is 0.165. The molecule has 4 atom stereocenters. The van der Waals surface area contributed by atoms with Crippen LogP contribution in [0, 0.1) is 23.7 Å². The highest BCUT2D eigenvalue weighted by atomic mass is 14.9. The van der Waals surface area contributed by atoms with Crippen LogP contribution in [0.4, 0.5) is 0 Å². The molecule has 49 heavy (non-hydrogen) atoms. The van der Waals surface area contributed by atoms with Gasteiger partial charge in [-0.05, 0) is 139 Å². The third kappa shape index (κ3) is 3.40. The number of rotatable bonds is 2. The summed E-state index contributed by atoms with van der Waals surface area (Å²) in [6.45, 7) is 0. The van der Waals surface area contributed by atoms with E-state index in [4.69, 9.17) is 9.97 Å². The molecule has 0 N–H and O–H groups in total. The van der Waals surface area contributed by atoms with Crippen molar-refractivity contribution in [3.8, 4) is 22.3 Å². The molecule has 8 aliphatic rings. The molecule has 4 aromatic heterocycles. The van der Waals surface area contributed by atoms with Crippen molar-refractivity contribution in [2.24, 2.45) is 23.7 Å². The highest BCUT2D eigenvalue weighted by molar-refractivity contribution is 6.31. The molecule has 4 fully saturated rings. The van der Waals surface area contributed by atoms with Crippen molar-refractivity contribution in [2.75, 3.05) is 0 Å². The van der Waals surface area contributed by atoms with Gasteiger partial charge in [-0.3, -0.25) is 9.97 Å². The molecular weight excluding hydrogens is 595 g/mol. The Balaban J connectivity index is 1.26. The van der Waals surface area contributed by atoms with Crippen molar-refractivity contribution < 1.29 is 0 Å². The van der Waals surface area contributed by atoms with E-state index in [1.807, 2.05) is 0 Å². The smallest absolute Gasteiger partial charge is 0.0728 e. The van der Waals surface area contributed by atoms with E-state index in [0.717, 1.165) is 23.7 Å². The highest BCUT2D eigenvalue weighted by Crippen LogP contribution is 2.61. The van der Waals surface area contributed by atoms with Gasteiger partial charge in [0.25, 0.3) is 0 Å². The van der Waals surface area contributed by atoms with Crippen LogP contribution < -0.4 is 0 Å². The summed E-state index contributed by atoms with van der Waals surface area (Å²) in [5.74, 6) is 5.96. The predicted octanol–water partition coefficient (Wildman–Crippen LogP) is 11.7. The molecule has 0 saturated heterocycles. The number of hydrogen-bond acceptors (Lipinski definition) is 2. The largest absolute Gasteiger partial charge is 0.305 e. The molecule has 0 spiro atoms. The Morgan fingerprint density at radius 1 is 0.449 bits per heavy atom. The third-order valence-electron chi connectivity index (χ3n) is 14.8. The zero-order chi connectivity index (χ0) is 31.5. The van der Waals surface area contributed by atoms with Gasteiger partial charge in [0.2, 0.25) is 0 Å². The maximum absolute atomic E-state index is 5.52. The first-order valence-corrected chi connectivity index (χ1v) is 19.4. The van der Waals surface area contributed by atoms with Crippen LogP contribution in [0.2, 0.25) is 0 Å². The lowest BCUT2D eigenvalue weighted by Gasteiger charge is -2.38. The first-order valence-electron chi connectivity index (χ1n) is 19.4. The van der Waals surface area contributed by atoms with E-state index < -0.39 is 0 Å². The van der Waals surface area contributed by atoms with E-state index in [1.165, 1.54) is 136 Å². The molecule has 0 amide bonds. The van der Waals surface area contributed by atoms with Gasteiger partial charge in [-0.15, -0.1) is 0 Å². The van der Waals surface area contributed by atoms with Crippen LogP contribution in [0.25, 0.3) is 60.3 Å². The zero-order valence-electron chi connectivity index (χ0n) is 28.0. The van der Waals surface area contributed by atoms with Crippen LogP contribution in [0.15, 0.2) is 79.1 Å². The van der Waals surface area contributed by atoms with Crippen molar-refractivity contribution in [1.29, 1.82) is 0 Å². The van der Waals surface area contributed by atoms with Crippen LogP contribution in [-0.4, -0.2) is 14.4 Å². The molecule has 3 heteroatoms. The van der Waals surface area contributed by atoms with Gasteiger partial charge in [-0.25, -0.2) is 0 Å². The van der Waals surface area contributed by atoms with Gasteiger partial charge in [0.15, 0.2) is 0 Å². The Morgan fingerprint density at radius 2 is 0.857 bits per heavy atom. The average Bonchev–Trinajstić information content (AvgIpc) is 3.52. The molecule has 0 aliphatic heterocycles. The topological polar surface area (TPSA) is 30.2 Å². The molecule has 4 heterocycles. The summed E-state index contributed by atoms with van der Waals surface area (Å²) in [4.78, 5) is 11.0. The van der Waals surface area contributed by atoms with Gasteiger partial charge in [-0.2, -0.15) is 0 Å². The first-order chi connectivity index (χ1) is 24.2. The van der Waals surface area contributed by atoms with Crippen molar-refractivity contribution >= 4 is 38.1 Å². The lowest BCUT2D eigenvalue weighted by atomic mass is 9.67. The molecule has 8 bridgehead atoms. The fraction of sp³-hybridized carbons (Fsp3) is 0.391. The second-order valence-electron chi connectivity index (χ2n) is 17.4. The van der Waals surface area contributed by atoms with Crippen molar-refractivity contribution in [1.82, 2.24) is 14.4 Å². The molecular formula is C46H41N3. The number of pyridine rings is 2. The zero-order valence-corrected chi connectivity index (χ0v) is 28.0. The van der Waals surface area contributed by atoms with Crippen LogP contribution in [0.5, 0.6) is 0 Å². The summed E-state index contributed by atoms with van der Waals surface area (Å²) in [7, 11) is 0. The van der Waals surface area contributed by atoms with Crippen molar-refractivity contribution in [2.45, 2.75) is 87.9 Å². The number of nitrogens with zero attached hydrogens (tertiary/aromatic N) is 3. The van der Waals surface area contributed by atoms with Gasteiger partial charge in [0, 0.05) is 44.8 Å². The Bertz CT molecular complexity index is 2310. The minimum atomic E-state index is 0.621. The number of fused-ring (bicyclic) bond motifs is 6. The number of benzene rings is 3. The van der Waals surface area contributed by atoms with Crippen LogP contribution in [0.3, 0.4) is 0 Å². The molecule has 4 unspecified atom stereocenters.